The maximum absolute atomic E-state index is 12.4. The molecule has 4 atom stereocenters. The second kappa shape index (κ2) is 48.0. The molecule has 0 radical (unpaired) electrons. The van der Waals surface area contributed by atoms with Gasteiger partial charge in [0.25, 0.3) is 22.2 Å². The molecule has 648 valence electrons. The van der Waals surface area contributed by atoms with Crippen molar-refractivity contribution in [3.05, 3.63) is 182 Å². The van der Waals surface area contributed by atoms with Gasteiger partial charge in [0.05, 0.1) is 145 Å². The van der Waals surface area contributed by atoms with Crippen LogP contribution < -0.4 is 60.8 Å². The van der Waals surface area contributed by atoms with Gasteiger partial charge < -0.3 is 77.1 Å². The van der Waals surface area contributed by atoms with Gasteiger partial charge in [0.15, 0.2) is 0 Å². The molecule has 40 heteroatoms. The number of pyridine rings is 4. The van der Waals surface area contributed by atoms with E-state index >= 15 is 0 Å². The molecule has 0 spiro atoms. The Morgan fingerprint density at radius 1 is 0.333 bits per heavy atom. The van der Waals surface area contributed by atoms with E-state index in [0.717, 1.165) is 75.6 Å². The number of anilines is 4. The van der Waals surface area contributed by atoms with E-state index in [2.05, 4.69) is 80.3 Å². The molecule has 4 N–H and O–H groups in total. The number of carbonyl (C=O) groups excluding carboxylic acids is 4. The van der Waals surface area contributed by atoms with Gasteiger partial charge in [0.2, 0.25) is 23.6 Å². The molecule has 0 aliphatic carbocycles. The summed E-state index contributed by atoms with van der Waals surface area (Å²) in [5.41, 5.74) is 0.772. The highest BCUT2D eigenvalue weighted by Crippen LogP contribution is 2.23. The summed E-state index contributed by atoms with van der Waals surface area (Å²) in [4.78, 5) is 129. The Hall–Kier alpha value is -10.6. The van der Waals surface area contributed by atoms with Gasteiger partial charge in [-0.1, -0.05) is 46.4 Å². The van der Waals surface area contributed by atoms with Crippen molar-refractivity contribution >= 4 is 93.3 Å². The molecule has 8 aromatic rings. The van der Waals surface area contributed by atoms with Crippen molar-refractivity contribution in [1.29, 1.82) is 0 Å². The maximum Gasteiger partial charge on any atom is 0.270 e. The first-order valence-corrected chi connectivity index (χ1v) is 41.0. The van der Waals surface area contributed by atoms with Gasteiger partial charge in [0, 0.05) is 130 Å². The van der Waals surface area contributed by atoms with Crippen LogP contribution in [0.3, 0.4) is 0 Å². The van der Waals surface area contributed by atoms with Crippen molar-refractivity contribution in [2.75, 3.05) is 177 Å². The van der Waals surface area contributed by atoms with Crippen molar-refractivity contribution in [2.45, 2.75) is 105 Å². The number of hydrogen-bond acceptors (Lipinski definition) is 28. The van der Waals surface area contributed by atoms with Crippen molar-refractivity contribution in [1.82, 2.24) is 80.3 Å². The maximum atomic E-state index is 12.4. The van der Waals surface area contributed by atoms with Gasteiger partial charge >= 0.3 is 0 Å². The number of aromatic nitrogens is 12. The Balaban J connectivity index is 0.000000182. The van der Waals surface area contributed by atoms with Crippen LogP contribution in [0.15, 0.2) is 117 Å². The molecule has 0 aromatic carbocycles. The molecule has 0 saturated carbocycles. The van der Waals surface area contributed by atoms with Crippen LogP contribution in [0, 0.1) is 27.7 Å². The highest BCUT2D eigenvalue weighted by Gasteiger charge is 2.27. The lowest BCUT2D eigenvalue weighted by Gasteiger charge is -2.35. The van der Waals surface area contributed by atoms with E-state index in [1.54, 1.807) is 52.5 Å². The zero-order valence-corrected chi connectivity index (χ0v) is 71.6. The number of piperazine rings is 4. The molecule has 12 rings (SSSR count). The van der Waals surface area contributed by atoms with Gasteiger partial charge in [-0.3, -0.25) is 38.4 Å². The van der Waals surface area contributed by atoms with Crippen LogP contribution in [0.4, 0.5) is 23.3 Å². The Labute approximate surface area is 714 Å². The lowest BCUT2D eigenvalue weighted by atomic mass is 10.2. The molecule has 0 bridgehead atoms. The van der Waals surface area contributed by atoms with Crippen LogP contribution in [-0.2, 0) is 38.1 Å². The summed E-state index contributed by atoms with van der Waals surface area (Å²) in [7, 11) is 0. The minimum atomic E-state index is -0.279. The smallest absolute Gasteiger partial charge is 0.270 e. The summed E-state index contributed by atoms with van der Waals surface area (Å²) in [5.74, 6) is 5.48. The number of nitrogens with zero attached hydrogens (tertiary/aromatic N) is 16. The molecule has 4 amide bonds. The number of aromatic amines is 4. The van der Waals surface area contributed by atoms with E-state index in [1.807, 2.05) is 95.8 Å². The van der Waals surface area contributed by atoms with Crippen LogP contribution in [0.5, 0.6) is 23.0 Å². The average Bonchev–Trinajstić information content (AvgIpc) is 0.842. The third kappa shape index (κ3) is 30.0. The van der Waals surface area contributed by atoms with E-state index in [0.29, 0.717) is 183 Å². The first kappa shape index (κ1) is 93.3. The predicted octanol–water partition coefficient (Wildman–Crippen LogP) is 6.60. The number of rotatable bonds is 32. The van der Waals surface area contributed by atoms with E-state index in [4.69, 9.17) is 84.3 Å². The topological polar surface area (TPSA) is 403 Å². The fraction of sp³-hybridized carbons (Fsp3) is 0.500. The zero-order chi connectivity index (χ0) is 86.0. The molecule has 0 unspecified atom stereocenters. The Bertz CT molecular complexity index is 4480. The highest BCUT2D eigenvalue weighted by molar-refractivity contribution is 6.31. The van der Waals surface area contributed by atoms with Crippen molar-refractivity contribution in [2.24, 2.45) is 0 Å². The minimum absolute atomic E-state index is 0.0708. The van der Waals surface area contributed by atoms with E-state index in [1.165, 1.54) is 24.8 Å². The number of halogens is 4. The van der Waals surface area contributed by atoms with Crippen molar-refractivity contribution in [3.63, 3.8) is 0 Å². The lowest BCUT2D eigenvalue weighted by molar-refractivity contribution is -0.134. The monoisotopic (exact) mass is 1740 g/mol. The second-order valence-corrected chi connectivity index (χ2v) is 30.3. The summed E-state index contributed by atoms with van der Waals surface area (Å²) < 4.78 is 45.1. The number of H-pyrrole nitrogens is 4. The fourth-order valence-corrected chi connectivity index (χ4v) is 12.9. The number of ether oxygens (including phenoxy) is 8. The van der Waals surface area contributed by atoms with Gasteiger partial charge in [-0.05, 0) is 104 Å². The number of hydrogen-bond donors (Lipinski definition) is 4. The van der Waals surface area contributed by atoms with E-state index < -0.39 is 0 Å². The molecule has 8 aromatic heterocycles. The number of nitrogens with one attached hydrogen (secondary N) is 4. The molecule has 12 heterocycles. The first-order valence-electron chi connectivity index (χ1n) is 39.5. The SMILES string of the molecule is Cc1c(OC[C@@H](C)OCCC(=O)N2CCN(c3ccc(Cl)cn3)CC2)cn[nH]c1=O.Cc1c(OC[C@H](C)OCCC(=O)N2CCN(c3ccc(Cl)cn3)CC2)cn[nH]c1=O.Cc1c(O[C@@H](C)COCCC(=O)N2CCN(c3ccc(Cl)cn3)CC2)cn[nH]c1=O.Cc1c(O[C@H](C)COCCC(=O)N2CCN(c3ccc(Cl)cn3)CC2)cn[nH]c1=O. The van der Waals surface area contributed by atoms with Gasteiger partial charge in [0.1, 0.15) is 71.7 Å². The Morgan fingerprint density at radius 2 is 0.575 bits per heavy atom. The molecular formula is C80H104Cl4N20O16. The van der Waals surface area contributed by atoms with Gasteiger partial charge in [-0.25, -0.2) is 40.3 Å². The summed E-state index contributed by atoms with van der Waals surface area (Å²) in [6.07, 6.45) is 12.7. The molecule has 4 saturated heterocycles. The van der Waals surface area contributed by atoms with Crippen LogP contribution in [0.2, 0.25) is 20.1 Å². The summed E-state index contributed by atoms with van der Waals surface area (Å²) in [6.45, 7) is 27.6. The summed E-state index contributed by atoms with van der Waals surface area (Å²) in [5, 5.41) is 26.7. The molecule has 4 aliphatic rings. The van der Waals surface area contributed by atoms with Crippen LogP contribution in [-0.4, -0.2) is 286 Å². The molecule has 120 heavy (non-hydrogen) atoms. The van der Waals surface area contributed by atoms with Gasteiger partial charge in [-0.15, -0.1) is 0 Å². The van der Waals surface area contributed by atoms with Crippen LogP contribution in [0.1, 0.15) is 75.6 Å². The van der Waals surface area contributed by atoms with Gasteiger partial charge in [-0.2, -0.15) is 20.4 Å². The highest BCUT2D eigenvalue weighted by atomic mass is 35.5. The van der Waals surface area contributed by atoms with Crippen molar-refractivity contribution < 1.29 is 57.1 Å². The molecular weight excluding hydrogens is 1640 g/mol. The third-order valence-electron chi connectivity index (χ3n) is 19.6. The first-order chi connectivity index (χ1) is 57.7. The quantitative estimate of drug-likeness (QED) is 0.0323. The number of amides is 4. The minimum Gasteiger partial charge on any atom is -0.489 e. The van der Waals surface area contributed by atoms with Crippen LogP contribution >= 0.6 is 46.4 Å². The molecule has 4 aliphatic heterocycles. The standard InChI is InChI=1S/4C20H26ClN5O4/c2*1-14(13-30-17-12-23-24-20(28)15(17)2)29-10-5-19(27)26-8-6-25(7-9-26)18-4-3-16(21)11-22-18;2*1-14(30-17-12-23-24-20(28)15(17)2)13-29-10-5-19(27)26-8-6-25(7-9-26)18-4-3-16(21)11-22-18/h4*3-4,11-12,14H,5-10,13H2,1-2H3,(H,24,28)/t4*14-/m1010/s1. The number of carbonyl (C=O) groups is 4. The average molecular weight is 1740 g/mol. The normalized spacial score (nSPS) is 15.2. The zero-order valence-electron chi connectivity index (χ0n) is 68.5. The molecule has 4 fully saturated rings. The van der Waals surface area contributed by atoms with E-state index in [9.17, 15) is 38.4 Å². The summed E-state index contributed by atoms with van der Waals surface area (Å²) >= 11 is 23.5. The Morgan fingerprint density at radius 3 is 0.825 bits per heavy atom. The fourth-order valence-electron chi connectivity index (χ4n) is 12.4. The Kier molecular flexibility index (Phi) is 37.3. The van der Waals surface area contributed by atoms with E-state index in [-0.39, 0.29) is 83.5 Å². The third-order valence-corrected chi connectivity index (χ3v) is 20.5. The molecule has 36 nitrogen and oxygen atoms in total. The van der Waals surface area contributed by atoms with Crippen LogP contribution in [0.25, 0.3) is 0 Å². The van der Waals surface area contributed by atoms with Crippen molar-refractivity contribution in [3.8, 4) is 23.0 Å². The largest absolute Gasteiger partial charge is 0.489 e. The lowest BCUT2D eigenvalue weighted by Crippen LogP contribution is -2.49. The predicted molar refractivity (Wildman–Crippen MR) is 453 cm³/mol. The second-order valence-electron chi connectivity index (χ2n) is 28.6. The summed E-state index contributed by atoms with van der Waals surface area (Å²) in [6, 6.07) is 14.8.